The maximum Gasteiger partial charge on any atom is 0.0702 e. The second-order valence-corrected chi connectivity index (χ2v) is 7.33. The van der Waals surface area contributed by atoms with Gasteiger partial charge in [0, 0.05) is 45.4 Å². The molecule has 0 amide bonds. The molecule has 2 aliphatic rings. The monoisotopic (exact) mass is 269 g/mol. The van der Waals surface area contributed by atoms with Crippen LogP contribution >= 0.6 is 0 Å². The van der Waals surface area contributed by atoms with Crippen LogP contribution in [-0.4, -0.2) is 75.4 Å². The Morgan fingerprint density at radius 3 is 2.79 bits per heavy atom. The standard InChI is InChI=1S/C15H31N3O/c1-15(2)11-16-13(8-17(3)4)9-18(12-15)10-14-6-5-7-19-14/h13-14,16H,5-12H2,1-4H3. The second kappa shape index (κ2) is 6.53. The van der Waals surface area contributed by atoms with Crippen LogP contribution < -0.4 is 5.32 Å². The molecule has 2 saturated heterocycles. The number of hydrogen-bond acceptors (Lipinski definition) is 4. The molecular formula is C15H31N3O. The molecule has 2 rings (SSSR count). The molecule has 0 aromatic carbocycles. The predicted molar refractivity (Wildman–Crippen MR) is 79.5 cm³/mol. The number of hydrogen-bond donors (Lipinski definition) is 1. The summed E-state index contributed by atoms with van der Waals surface area (Å²) in [5.41, 5.74) is 0.347. The molecule has 4 heteroatoms. The van der Waals surface area contributed by atoms with Crippen LogP contribution in [0.4, 0.5) is 0 Å². The van der Waals surface area contributed by atoms with Gasteiger partial charge in [-0.1, -0.05) is 13.8 Å². The van der Waals surface area contributed by atoms with E-state index in [0.29, 0.717) is 17.6 Å². The molecule has 2 unspecified atom stereocenters. The highest BCUT2D eigenvalue weighted by Crippen LogP contribution is 2.21. The first-order valence-electron chi connectivity index (χ1n) is 7.67. The number of nitrogens with one attached hydrogen (secondary N) is 1. The molecule has 4 nitrogen and oxygen atoms in total. The Kier molecular flexibility index (Phi) is 5.23. The smallest absolute Gasteiger partial charge is 0.0702 e. The van der Waals surface area contributed by atoms with E-state index in [4.69, 9.17) is 4.74 Å². The van der Waals surface area contributed by atoms with Gasteiger partial charge in [-0.25, -0.2) is 0 Å². The summed E-state index contributed by atoms with van der Waals surface area (Å²) < 4.78 is 5.81. The minimum absolute atomic E-state index is 0.347. The Bertz CT molecular complexity index is 275. The molecule has 112 valence electrons. The van der Waals surface area contributed by atoms with Crippen molar-refractivity contribution >= 4 is 0 Å². The Labute approximate surface area is 118 Å². The minimum atomic E-state index is 0.347. The van der Waals surface area contributed by atoms with Gasteiger partial charge >= 0.3 is 0 Å². The van der Waals surface area contributed by atoms with Crippen molar-refractivity contribution in [3.63, 3.8) is 0 Å². The first kappa shape index (κ1) is 15.2. The summed E-state index contributed by atoms with van der Waals surface area (Å²) in [7, 11) is 4.31. The highest BCUT2D eigenvalue weighted by Gasteiger charge is 2.30. The molecule has 0 spiro atoms. The fourth-order valence-electron chi connectivity index (χ4n) is 3.30. The van der Waals surface area contributed by atoms with Gasteiger partial charge in [-0.3, -0.25) is 4.90 Å². The van der Waals surface area contributed by atoms with Crippen molar-refractivity contribution in [3.8, 4) is 0 Å². The third kappa shape index (κ3) is 5.03. The number of ether oxygens (including phenoxy) is 1. The van der Waals surface area contributed by atoms with Gasteiger partial charge in [0.15, 0.2) is 0 Å². The molecule has 2 atom stereocenters. The van der Waals surface area contributed by atoms with Crippen LogP contribution in [0.25, 0.3) is 0 Å². The van der Waals surface area contributed by atoms with Crippen molar-refractivity contribution in [1.29, 1.82) is 0 Å². The van der Waals surface area contributed by atoms with Crippen LogP contribution in [0.2, 0.25) is 0 Å². The first-order chi connectivity index (χ1) is 8.94. The van der Waals surface area contributed by atoms with Gasteiger partial charge in [0.05, 0.1) is 6.10 Å². The van der Waals surface area contributed by atoms with Crippen LogP contribution in [0.3, 0.4) is 0 Å². The van der Waals surface area contributed by atoms with Crippen molar-refractivity contribution in [2.45, 2.75) is 38.8 Å². The van der Waals surface area contributed by atoms with E-state index in [1.165, 1.54) is 19.4 Å². The Morgan fingerprint density at radius 1 is 1.37 bits per heavy atom. The third-order valence-electron chi connectivity index (χ3n) is 4.07. The van der Waals surface area contributed by atoms with Crippen molar-refractivity contribution < 1.29 is 4.74 Å². The zero-order chi connectivity index (χ0) is 13.9. The molecule has 0 aliphatic carbocycles. The lowest BCUT2D eigenvalue weighted by Gasteiger charge is -2.31. The lowest BCUT2D eigenvalue weighted by molar-refractivity contribution is 0.0626. The molecule has 0 bridgehead atoms. The Hall–Kier alpha value is -0.160. The maximum absolute atomic E-state index is 5.81. The van der Waals surface area contributed by atoms with Crippen molar-refractivity contribution in [2.75, 3.05) is 53.4 Å². The van der Waals surface area contributed by atoms with E-state index in [9.17, 15) is 0 Å². The van der Waals surface area contributed by atoms with E-state index in [-0.39, 0.29) is 0 Å². The summed E-state index contributed by atoms with van der Waals surface area (Å²) in [5.74, 6) is 0. The second-order valence-electron chi connectivity index (χ2n) is 7.33. The van der Waals surface area contributed by atoms with Gasteiger partial charge in [0.25, 0.3) is 0 Å². The summed E-state index contributed by atoms with van der Waals surface area (Å²) in [5, 5.41) is 3.73. The average Bonchev–Trinajstić information content (AvgIpc) is 2.72. The highest BCUT2D eigenvalue weighted by atomic mass is 16.5. The van der Waals surface area contributed by atoms with E-state index >= 15 is 0 Å². The van der Waals surface area contributed by atoms with Gasteiger partial charge in [-0.15, -0.1) is 0 Å². The molecule has 2 aliphatic heterocycles. The number of nitrogens with zero attached hydrogens (tertiary/aromatic N) is 2. The van der Waals surface area contributed by atoms with Crippen LogP contribution in [-0.2, 0) is 4.74 Å². The number of likely N-dealkylation sites (N-methyl/N-ethyl adjacent to an activating group) is 1. The van der Waals surface area contributed by atoms with E-state index < -0.39 is 0 Å². The quantitative estimate of drug-likeness (QED) is 0.825. The largest absolute Gasteiger partial charge is 0.377 e. The molecule has 2 heterocycles. The molecule has 2 fully saturated rings. The highest BCUT2D eigenvalue weighted by molar-refractivity contribution is 4.88. The van der Waals surface area contributed by atoms with Crippen molar-refractivity contribution in [2.24, 2.45) is 5.41 Å². The first-order valence-corrected chi connectivity index (χ1v) is 7.67. The summed E-state index contributed by atoms with van der Waals surface area (Å²) in [6, 6.07) is 0.568. The fourth-order valence-corrected chi connectivity index (χ4v) is 3.30. The van der Waals surface area contributed by atoms with E-state index in [1.807, 2.05) is 0 Å². The van der Waals surface area contributed by atoms with Crippen LogP contribution in [0, 0.1) is 5.41 Å². The molecule has 0 aromatic heterocycles. The Morgan fingerprint density at radius 2 is 2.16 bits per heavy atom. The lowest BCUT2D eigenvalue weighted by atomic mass is 9.93. The average molecular weight is 269 g/mol. The molecule has 1 N–H and O–H groups in total. The van der Waals surface area contributed by atoms with Crippen LogP contribution in [0.1, 0.15) is 26.7 Å². The molecule has 19 heavy (non-hydrogen) atoms. The van der Waals surface area contributed by atoms with Gasteiger partial charge in [0.2, 0.25) is 0 Å². The SMILES string of the molecule is CN(C)CC1CN(CC2CCCO2)CC(C)(C)CN1. The predicted octanol–water partition coefficient (Wildman–Crippen LogP) is 1.03. The molecule has 0 saturated carbocycles. The zero-order valence-corrected chi connectivity index (χ0v) is 13.1. The zero-order valence-electron chi connectivity index (χ0n) is 13.1. The van der Waals surface area contributed by atoms with E-state index in [2.05, 4.69) is 43.1 Å². The van der Waals surface area contributed by atoms with E-state index in [0.717, 1.165) is 32.8 Å². The maximum atomic E-state index is 5.81. The van der Waals surface area contributed by atoms with Crippen molar-refractivity contribution in [1.82, 2.24) is 15.1 Å². The van der Waals surface area contributed by atoms with Gasteiger partial charge in [0.1, 0.15) is 0 Å². The molecular weight excluding hydrogens is 238 g/mol. The summed E-state index contributed by atoms with van der Waals surface area (Å²) in [6.45, 7) is 11.3. The van der Waals surface area contributed by atoms with E-state index in [1.54, 1.807) is 0 Å². The molecule has 0 aromatic rings. The normalized spacial score (nSPS) is 32.7. The Balaban J connectivity index is 1.93. The summed E-state index contributed by atoms with van der Waals surface area (Å²) in [6.07, 6.45) is 2.94. The lowest BCUT2D eigenvalue weighted by Crippen LogP contribution is -2.45. The van der Waals surface area contributed by atoms with Gasteiger partial charge < -0.3 is 15.0 Å². The minimum Gasteiger partial charge on any atom is -0.377 e. The summed E-state index contributed by atoms with van der Waals surface area (Å²) >= 11 is 0. The van der Waals surface area contributed by atoms with Gasteiger partial charge in [-0.05, 0) is 32.4 Å². The molecule has 0 radical (unpaired) electrons. The van der Waals surface area contributed by atoms with Crippen molar-refractivity contribution in [3.05, 3.63) is 0 Å². The topological polar surface area (TPSA) is 27.7 Å². The number of rotatable bonds is 4. The third-order valence-corrected chi connectivity index (χ3v) is 4.07. The fraction of sp³-hybridized carbons (Fsp3) is 1.00. The van der Waals surface area contributed by atoms with Gasteiger partial charge in [-0.2, -0.15) is 0 Å². The summed E-state index contributed by atoms with van der Waals surface area (Å²) in [4.78, 5) is 4.89. The van der Waals surface area contributed by atoms with Crippen LogP contribution in [0.5, 0.6) is 0 Å². The van der Waals surface area contributed by atoms with Crippen LogP contribution in [0.15, 0.2) is 0 Å².